The third-order valence-corrected chi connectivity index (χ3v) is 4.79. The van der Waals surface area contributed by atoms with E-state index in [9.17, 15) is 4.79 Å². The number of ether oxygens (including phenoxy) is 1. The smallest absolute Gasteiger partial charge is 0.255 e. The molecule has 0 spiro atoms. The zero-order valence-electron chi connectivity index (χ0n) is 15.2. The maximum absolute atomic E-state index is 12.8. The molecule has 0 bridgehead atoms. The van der Waals surface area contributed by atoms with Crippen LogP contribution in [0.5, 0.6) is 5.75 Å². The number of nitrogens with one attached hydrogen (secondary N) is 1. The summed E-state index contributed by atoms with van der Waals surface area (Å²) in [5.41, 5.74) is 4.01. The molecule has 4 rings (SSSR count). The van der Waals surface area contributed by atoms with Crippen LogP contribution in [-0.2, 0) is 13.0 Å². The molecule has 3 aromatic rings. The molecule has 1 amide bonds. The highest BCUT2D eigenvalue weighted by Crippen LogP contribution is 2.34. The summed E-state index contributed by atoms with van der Waals surface area (Å²) in [4.78, 5) is 19.5. The summed E-state index contributed by atoms with van der Waals surface area (Å²) in [7, 11) is 1.64. The lowest BCUT2D eigenvalue weighted by atomic mass is 10.1. The maximum atomic E-state index is 12.8. The molecule has 0 saturated carbocycles. The summed E-state index contributed by atoms with van der Waals surface area (Å²) in [6.07, 6.45) is 2.69. The van der Waals surface area contributed by atoms with Crippen LogP contribution in [-0.4, -0.2) is 24.5 Å². The molecule has 27 heavy (non-hydrogen) atoms. The second kappa shape index (κ2) is 7.50. The van der Waals surface area contributed by atoms with E-state index in [0.717, 1.165) is 30.0 Å². The van der Waals surface area contributed by atoms with E-state index in [1.807, 2.05) is 42.5 Å². The summed E-state index contributed by atoms with van der Waals surface area (Å²) >= 11 is 0. The summed E-state index contributed by atoms with van der Waals surface area (Å²) in [5.74, 6) is 1.38. The van der Waals surface area contributed by atoms with Crippen LogP contribution in [0.2, 0.25) is 0 Å². The number of hydrogen-bond donors (Lipinski definition) is 1. The minimum absolute atomic E-state index is 0.127. The fraction of sp³-hybridized carbons (Fsp3) is 0.182. The fourth-order valence-corrected chi connectivity index (χ4v) is 3.37. The van der Waals surface area contributed by atoms with Crippen molar-refractivity contribution in [3.8, 4) is 5.75 Å². The minimum atomic E-state index is -0.127. The predicted molar refractivity (Wildman–Crippen MR) is 106 cm³/mol. The van der Waals surface area contributed by atoms with Gasteiger partial charge in [-0.15, -0.1) is 0 Å². The molecule has 1 aliphatic rings. The van der Waals surface area contributed by atoms with Crippen LogP contribution >= 0.6 is 0 Å². The van der Waals surface area contributed by atoms with E-state index in [1.54, 1.807) is 19.4 Å². The molecule has 5 nitrogen and oxygen atoms in total. The van der Waals surface area contributed by atoms with E-state index < -0.39 is 0 Å². The van der Waals surface area contributed by atoms with Crippen molar-refractivity contribution in [2.75, 3.05) is 18.6 Å². The number of anilines is 2. The monoisotopic (exact) mass is 359 g/mol. The molecule has 2 aromatic carbocycles. The molecule has 2 heterocycles. The lowest BCUT2D eigenvalue weighted by Gasteiger charge is -2.21. The standard InChI is InChI=1S/C22H21N3O2/c1-27-18-10-8-16(9-11-18)15-24-22(26)19-6-4-13-23-21(19)25-14-12-17-5-2-3-7-20(17)25/h2-11,13H,12,14-15H2,1H3,(H,24,26). The van der Waals surface area contributed by atoms with Crippen molar-refractivity contribution in [2.45, 2.75) is 13.0 Å². The normalized spacial score (nSPS) is 12.6. The number of fused-ring (bicyclic) bond motifs is 1. The highest BCUT2D eigenvalue weighted by Gasteiger charge is 2.24. The van der Waals surface area contributed by atoms with Crippen LogP contribution in [0.3, 0.4) is 0 Å². The number of aromatic nitrogens is 1. The Kier molecular flexibility index (Phi) is 4.75. The number of carbonyl (C=O) groups excluding carboxylic acids is 1. The van der Waals surface area contributed by atoms with Crippen molar-refractivity contribution in [2.24, 2.45) is 0 Å². The average Bonchev–Trinajstić information content (AvgIpc) is 3.16. The Morgan fingerprint density at radius 2 is 1.93 bits per heavy atom. The minimum Gasteiger partial charge on any atom is -0.497 e. The zero-order valence-corrected chi connectivity index (χ0v) is 15.2. The van der Waals surface area contributed by atoms with E-state index in [-0.39, 0.29) is 5.91 Å². The van der Waals surface area contributed by atoms with Crippen LogP contribution < -0.4 is 15.0 Å². The van der Waals surface area contributed by atoms with Gasteiger partial charge in [-0.05, 0) is 47.9 Å². The molecule has 0 fully saturated rings. The summed E-state index contributed by atoms with van der Waals surface area (Å²) in [6.45, 7) is 1.28. The number of nitrogens with zero attached hydrogens (tertiary/aromatic N) is 2. The quantitative estimate of drug-likeness (QED) is 0.754. The highest BCUT2D eigenvalue weighted by atomic mass is 16.5. The molecular weight excluding hydrogens is 338 g/mol. The van der Waals surface area contributed by atoms with Crippen LogP contribution in [0.4, 0.5) is 11.5 Å². The second-order valence-corrected chi connectivity index (χ2v) is 6.44. The van der Waals surface area contributed by atoms with Gasteiger partial charge in [0.05, 0.1) is 12.7 Å². The van der Waals surface area contributed by atoms with Gasteiger partial charge in [0.15, 0.2) is 0 Å². The first-order valence-electron chi connectivity index (χ1n) is 8.98. The Balaban J connectivity index is 1.53. The Labute approximate surface area is 158 Å². The molecule has 1 N–H and O–H groups in total. The maximum Gasteiger partial charge on any atom is 0.255 e. The van der Waals surface area contributed by atoms with Gasteiger partial charge in [0.2, 0.25) is 0 Å². The van der Waals surface area contributed by atoms with Crippen molar-refractivity contribution in [3.05, 3.63) is 83.6 Å². The molecule has 1 aliphatic heterocycles. The topological polar surface area (TPSA) is 54.5 Å². The van der Waals surface area contributed by atoms with E-state index in [2.05, 4.69) is 27.3 Å². The average molecular weight is 359 g/mol. The lowest BCUT2D eigenvalue weighted by molar-refractivity contribution is 0.0951. The van der Waals surface area contributed by atoms with Gasteiger partial charge in [-0.1, -0.05) is 30.3 Å². The number of pyridine rings is 1. The SMILES string of the molecule is COc1ccc(CNC(=O)c2cccnc2N2CCc3ccccc32)cc1. The zero-order chi connectivity index (χ0) is 18.6. The largest absolute Gasteiger partial charge is 0.497 e. The molecule has 0 radical (unpaired) electrons. The van der Waals surface area contributed by atoms with Gasteiger partial charge in [-0.3, -0.25) is 4.79 Å². The van der Waals surface area contributed by atoms with Gasteiger partial charge in [-0.2, -0.15) is 0 Å². The van der Waals surface area contributed by atoms with Gasteiger partial charge in [0.1, 0.15) is 11.6 Å². The van der Waals surface area contributed by atoms with Crippen molar-refractivity contribution < 1.29 is 9.53 Å². The molecule has 136 valence electrons. The second-order valence-electron chi connectivity index (χ2n) is 6.44. The Bertz CT molecular complexity index is 954. The number of rotatable bonds is 5. The van der Waals surface area contributed by atoms with Crippen LogP contribution in [0.15, 0.2) is 66.9 Å². The van der Waals surface area contributed by atoms with E-state index in [0.29, 0.717) is 17.9 Å². The number of amides is 1. The van der Waals surface area contributed by atoms with Crippen molar-refractivity contribution in [1.82, 2.24) is 10.3 Å². The van der Waals surface area contributed by atoms with Gasteiger partial charge in [0.25, 0.3) is 5.91 Å². The Morgan fingerprint density at radius 3 is 2.74 bits per heavy atom. The van der Waals surface area contributed by atoms with Crippen molar-refractivity contribution in [3.63, 3.8) is 0 Å². The number of hydrogen-bond acceptors (Lipinski definition) is 4. The molecule has 0 saturated heterocycles. The first-order chi connectivity index (χ1) is 13.3. The summed E-state index contributed by atoms with van der Waals surface area (Å²) in [6, 6.07) is 19.6. The third kappa shape index (κ3) is 3.49. The van der Waals surface area contributed by atoms with E-state index in [4.69, 9.17) is 4.74 Å². The molecular formula is C22H21N3O2. The summed E-state index contributed by atoms with van der Waals surface area (Å²) in [5, 5.41) is 2.99. The van der Waals surface area contributed by atoms with Crippen molar-refractivity contribution in [1.29, 1.82) is 0 Å². The number of methoxy groups -OCH3 is 1. The first-order valence-corrected chi connectivity index (χ1v) is 8.98. The third-order valence-electron chi connectivity index (χ3n) is 4.79. The summed E-state index contributed by atoms with van der Waals surface area (Å²) < 4.78 is 5.16. The lowest BCUT2D eigenvalue weighted by Crippen LogP contribution is -2.26. The van der Waals surface area contributed by atoms with Gasteiger partial charge < -0.3 is 15.0 Å². The van der Waals surface area contributed by atoms with E-state index in [1.165, 1.54) is 5.56 Å². The Morgan fingerprint density at radius 1 is 1.11 bits per heavy atom. The molecule has 0 atom stereocenters. The van der Waals surface area contributed by atoms with Gasteiger partial charge in [0, 0.05) is 25.0 Å². The van der Waals surface area contributed by atoms with Gasteiger partial charge in [-0.25, -0.2) is 4.98 Å². The van der Waals surface area contributed by atoms with Crippen LogP contribution in [0.1, 0.15) is 21.5 Å². The van der Waals surface area contributed by atoms with Gasteiger partial charge >= 0.3 is 0 Å². The number of carbonyl (C=O) groups is 1. The van der Waals surface area contributed by atoms with Crippen molar-refractivity contribution >= 4 is 17.4 Å². The Hall–Kier alpha value is -3.34. The fourth-order valence-electron chi connectivity index (χ4n) is 3.37. The number of para-hydroxylation sites is 1. The number of benzene rings is 2. The highest BCUT2D eigenvalue weighted by molar-refractivity contribution is 5.99. The van der Waals surface area contributed by atoms with Crippen LogP contribution in [0.25, 0.3) is 0 Å². The molecule has 0 aliphatic carbocycles. The predicted octanol–water partition coefficient (Wildman–Crippen LogP) is 3.71. The molecule has 0 unspecified atom stereocenters. The van der Waals surface area contributed by atoms with E-state index >= 15 is 0 Å². The van der Waals surface area contributed by atoms with Crippen LogP contribution in [0, 0.1) is 0 Å². The first kappa shape index (κ1) is 17.1. The molecule has 5 heteroatoms. The molecule has 1 aromatic heterocycles.